The fourth-order valence-corrected chi connectivity index (χ4v) is 2.73. The molecule has 0 aliphatic heterocycles. The lowest BCUT2D eigenvalue weighted by Crippen LogP contribution is -2.17. The van der Waals surface area contributed by atoms with Gasteiger partial charge < -0.3 is 15.1 Å². The number of hydrogen-bond acceptors (Lipinski definition) is 3. The van der Waals surface area contributed by atoms with E-state index >= 15 is 0 Å². The van der Waals surface area contributed by atoms with Crippen LogP contribution in [0.4, 0.5) is 5.69 Å². The van der Waals surface area contributed by atoms with Crippen molar-refractivity contribution in [1.82, 2.24) is 0 Å². The van der Waals surface area contributed by atoms with Crippen LogP contribution in [0.2, 0.25) is 0 Å². The van der Waals surface area contributed by atoms with Crippen molar-refractivity contribution in [2.45, 2.75) is 26.4 Å². The smallest absolute Gasteiger partial charge is 0.105 e. The number of rotatable bonds is 4. The molecule has 2 aromatic rings. The summed E-state index contributed by atoms with van der Waals surface area (Å²) >= 11 is 3.62. The molecule has 4 heteroatoms. The minimum absolute atomic E-state index is 0.0479. The van der Waals surface area contributed by atoms with Crippen molar-refractivity contribution in [2.75, 3.05) is 11.9 Å². The third-order valence-corrected chi connectivity index (χ3v) is 3.92. The Labute approximate surface area is 122 Å². The normalized spacial score (nSPS) is 12.5. The molecule has 1 heterocycles. The molecule has 19 heavy (non-hydrogen) atoms. The highest BCUT2D eigenvalue weighted by Crippen LogP contribution is 2.29. The first-order valence-corrected chi connectivity index (χ1v) is 7.07. The molecule has 1 aromatic carbocycles. The quantitative estimate of drug-likeness (QED) is 0.924. The summed E-state index contributed by atoms with van der Waals surface area (Å²) in [6.45, 7) is 4.79. The van der Waals surface area contributed by atoms with Gasteiger partial charge in [-0.2, -0.15) is 0 Å². The first-order valence-electron chi connectivity index (χ1n) is 6.28. The maximum atomic E-state index is 5.89. The molecule has 102 valence electrons. The predicted molar refractivity (Wildman–Crippen MR) is 82.3 cm³/mol. The van der Waals surface area contributed by atoms with E-state index in [0.717, 1.165) is 28.0 Å². The van der Waals surface area contributed by atoms with Gasteiger partial charge in [-0.15, -0.1) is 0 Å². The van der Waals surface area contributed by atoms with Gasteiger partial charge in [-0.3, -0.25) is 0 Å². The number of anilines is 1. The van der Waals surface area contributed by atoms with E-state index in [1.165, 1.54) is 5.56 Å². The number of nitrogens with two attached hydrogens (primary N) is 1. The number of benzene rings is 1. The minimum Gasteiger partial charge on any atom is -0.469 e. The van der Waals surface area contributed by atoms with E-state index in [9.17, 15) is 0 Å². The highest BCUT2D eigenvalue weighted by Gasteiger charge is 2.11. The second kappa shape index (κ2) is 5.80. The molecular formula is C15H19BrN2O. The lowest BCUT2D eigenvalue weighted by Gasteiger charge is -2.21. The molecule has 0 aliphatic rings. The average molecular weight is 323 g/mol. The second-order valence-electron chi connectivity index (χ2n) is 4.86. The highest BCUT2D eigenvalue weighted by atomic mass is 79.9. The molecule has 0 amide bonds. The van der Waals surface area contributed by atoms with Gasteiger partial charge in [-0.25, -0.2) is 0 Å². The summed E-state index contributed by atoms with van der Waals surface area (Å²) in [6.07, 6.45) is 1.73. The molecule has 0 fully saturated rings. The first kappa shape index (κ1) is 14.2. The third kappa shape index (κ3) is 3.19. The van der Waals surface area contributed by atoms with Crippen molar-refractivity contribution < 1.29 is 4.42 Å². The van der Waals surface area contributed by atoms with Gasteiger partial charge in [0.25, 0.3) is 0 Å². The second-order valence-corrected chi connectivity index (χ2v) is 5.71. The van der Waals surface area contributed by atoms with Crippen LogP contribution in [0.25, 0.3) is 0 Å². The van der Waals surface area contributed by atoms with Crippen molar-refractivity contribution >= 4 is 21.6 Å². The third-order valence-electron chi connectivity index (χ3n) is 3.28. The monoisotopic (exact) mass is 322 g/mol. The van der Waals surface area contributed by atoms with Crippen LogP contribution in [-0.4, -0.2) is 7.05 Å². The zero-order chi connectivity index (χ0) is 14.0. The van der Waals surface area contributed by atoms with Crippen LogP contribution in [-0.2, 0) is 6.54 Å². The maximum Gasteiger partial charge on any atom is 0.105 e. The van der Waals surface area contributed by atoms with E-state index in [0.29, 0.717) is 0 Å². The number of nitrogens with zero attached hydrogens (tertiary/aromatic N) is 1. The first-order chi connectivity index (χ1) is 8.99. The van der Waals surface area contributed by atoms with Crippen molar-refractivity contribution in [2.24, 2.45) is 5.73 Å². The Morgan fingerprint density at radius 3 is 2.63 bits per heavy atom. The van der Waals surface area contributed by atoms with Crippen LogP contribution in [0.5, 0.6) is 0 Å². The number of halogens is 1. The maximum absolute atomic E-state index is 5.89. The summed E-state index contributed by atoms with van der Waals surface area (Å²) in [5, 5.41) is 0. The van der Waals surface area contributed by atoms with Gasteiger partial charge in [0.05, 0.1) is 12.0 Å². The molecule has 1 aromatic heterocycles. The van der Waals surface area contributed by atoms with Crippen LogP contribution in [0, 0.1) is 6.92 Å². The molecular weight excluding hydrogens is 304 g/mol. The van der Waals surface area contributed by atoms with E-state index in [1.54, 1.807) is 6.26 Å². The summed E-state index contributed by atoms with van der Waals surface area (Å²) in [4.78, 5) is 2.19. The summed E-state index contributed by atoms with van der Waals surface area (Å²) in [6, 6.07) is 8.31. The molecule has 0 radical (unpaired) electrons. The van der Waals surface area contributed by atoms with Gasteiger partial charge >= 0.3 is 0 Å². The Bertz CT molecular complexity index is 563. The van der Waals surface area contributed by atoms with Crippen LogP contribution >= 0.6 is 15.9 Å². The van der Waals surface area contributed by atoms with Gasteiger partial charge in [0.2, 0.25) is 0 Å². The van der Waals surface area contributed by atoms with E-state index < -0.39 is 0 Å². The van der Waals surface area contributed by atoms with Gasteiger partial charge in [-0.05, 0) is 53.5 Å². The van der Waals surface area contributed by atoms with E-state index in [2.05, 4.69) is 46.1 Å². The molecule has 0 saturated heterocycles. The molecule has 1 atom stereocenters. The summed E-state index contributed by atoms with van der Waals surface area (Å²) < 4.78 is 6.39. The lowest BCUT2D eigenvalue weighted by molar-refractivity contribution is 0.529. The zero-order valence-electron chi connectivity index (χ0n) is 11.5. The molecule has 2 rings (SSSR count). The van der Waals surface area contributed by atoms with Gasteiger partial charge in [0, 0.05) is 29.7 Å². The Kier molecular flexibility index (Phi) is 4.32. The van der Waals surface area contributed by atoms with Crippen molar-refractivity contribution in [3.05, 3.63) is 51.9 Å². The number of hydrogen-bond donors (Lipinski definition) is 1. The summed E-state index contributed by atoms with van der Waals surface area (Å²) in [5.41, 5.74) is 9.36. The SMILES string of the molecule is Cc1occc1CN(C)c1ccc([C@@H](C)N)cc1Br. The molecule has 2 N–H and O–H groups in total. The van der Waals surface area contributed by atoms with Crippen LogP contribution in [0.15, 0.2) is 39.4 Å². The van der Waals surface area contributed by atoms with E-state index in [-0.39, 0.29) is 6.04 Å². The van der Waals surface area contributed by atoms with Crippen molar-refractivity contribution in [3.63, 3.8) is 0 Å². The van der Waals surface area contributed by atoms with E-state index in [4.69, 9.17) is 10.2 Å². The highest BCUT2D eigenvalue weighted by molar-refractivity contribution is 9.10. The van der Waals surface area contributed by atoms with Crippen LogP contribution in [0.1, 0.15) is 29.9 Å². The standard InChI is InChI=1S/C15H19BrN2O/c1-10(17)12-4-5-15(14(16)8-12)18(3)9-13-6-7-19-11(13)2/h4-8,10H,9,17H2,1-3H3/t10-/m1/s1. The van der Waals surface area contributed by atoms with Gasteiger partial charge in [0.1, 0.15) is 5.76 Å². The number of aryl methyl sites for hydroxylation is 1. The molecule has 0 saturated carbocycles. The van der Waals surface area contributed by atoms with Crippen LogP contribution in [0.3, 0.4) is 0 Å². The average Bonchev–Trinajstić information content (AvgIpc) is 2.74. The fourth-order valence-electron chi connectivity index (χ4n) is 2.03. The minimum atomic E-state index is 0.0479. The van der Waals surface area contributed by atoms with Crippen LogP contribution < -0.4 is 10.6 Å². The Balaban J connectivity index is 2.20. The molecule has 0 unspecified atom stereocenters. The largest absolute Gasteiger partial charge is 0.469 e. The Morgan fingerprint density at radius 1 is 1.37 bits per heavy atom. The number of furan rings is 1. The van der Waals surface area contributed by atoms with Gasteiger partial charge in [-0.1, -0.05) is 6.07 Å². The van der Waals surface area contributed by atoms with Crippen molar-refractivity contribution in [3.8, 4) is 0 Å². The molecule has 3 nitrogen and oxygen atoms in total. The summed E-state index contributed by atoms with van der Waals surface area (Å²) in [5.74, 6) is 0.968. The zero-order valence-corrected chi connectivity index (χ0v) is 13.1. The Hall–Kier alpha value is -1.26. The fraction of sp³-hybridized carbons (Fsp3) is 0.333. The van der Waals surface area contributed by atoms with E-state index in [1.807, 2.05) is 19.9 Å². The lowest BCUT2D eigenvalue weighted by atomic mass is 10.1. The molecule has 0 spiro atoms. The Morgan fingerprint density at radius 2 is 2.11 bits per heavy atom. The van der Waals surface area contributed by atoms with Gasteiger partial charge in [0.15, 0.2) is 0 Å². The van der Waals surface area contributed by atoms with Crippen molar-refractivity contribution in [1.29, 1.82) is 0 Å². The molecule has 0 bridgehead atoms. The predicted octanol–water partition coefficient (Wildman–Crippen LogP) is 4.01. The topological polar surface area (TPSA) is 42.4 Å². The molecule has 0 aliphatic carbocycles. The summed E-state index contributed by atoms with van der Waals surface area (Å²) in [7, 11) is 2.07.